The van der Waals surface area contributed by atoms with Gasteiger partial charge in [-0.2, -0.15) is 5.10 Å². The van der Waals surface area contributed by atoms with E-state index in [0.717, 1.165) is 16.5 Å². The Labute approximate surface area is 99.3 Å². The number of benzene rings is 2. The first kappa shape index (κ1) is 10.1. The Balaban J connectivity index is 2.12. The van der Waals surface area contributed by atoms with Crippen molar-refractivity contribution in [3.8, 4) is 11.1 Å². The van der Waals surface area contributed by atoms with Gasteiger partial charge in [0.1, 0.15) is 0 Å². The molecule has 3 nitrogen and oxygen atoms in total. The maximum Gasteiger partial charge on any atom is 0.0650 e. The van der Waals surface area contributed by atoms with Gasteiger partial charge in [0.15, 0.2) is 0 Å². The first-order chi connectivity index (χ1) is 8.36. The summed E-state index contributed by atoms with van der Waals surface area (Å²) in [6.07, 6.45) is 1.84. The van der Waals surface area contributed by atoms with Crippen LogP contribution in [0.3, 0.4) is 0 Å². The summed E-state index contributed by atoms with van der Waals surface area (Å²) < 4.78 is 0. The molecule has 1 heterocycles. The number of fused-ring (bicyclic) bond motifs is 1. The fourth-order valence-electron chi connectivity index (χ4n) is 2.00. The van der Waals surface area contributed by atoms with Gasteiger partial charge in [0.25, 0.3) is 0 Å². The fraction of sp³-hybridized carbons (Fsp3) is 0.0714. The molecular formula is C14H13N3. The van der Waals surface area contributed by atoms with Gasteiger partial charge < -0.3 is 5.73 Å². The number of hydrogen-bond acceptors (Lipinski definition) is 2. The topological polar surface area (TPSA) is 54.7 Å². The lowest BCUT2D eigenvalue weighted by molar-refractivity contribution is 1.07. The third-order valence-corrected chi connectivity index (χ3v) is 2.94. The number of nitrogens with zero attached hydrogens (tertiary/aromatic N) is 1. The number of rotatable bonds is 2. The van der Waals surface area contributed by atoms with E-state index in [1.54, 1.807) is 0 Å². The highest BCUT2D eigenvalue weighted by Gasteiger charge is 2.01. The molecule has 1 aromatic heterocycles. The van der Waals surface area contributed by atoms with E-state index in [4.69, 9.17) is 5.73 Å². The van der Waals surface area contributed by atoms with Crippen LogP contribution in [0.1, 0.15) is 5.56 Å². The van der Waals surface area contributed by atoms with Crippen molar-refractivity contribution in [2.24, 2.45) is 5.73 Å². The Bertz CT molecular complexity index is 655. The number of H-pyrrole nitrogens is 1. The average Bonchev–Trinajstić information content (AvgIpc) is 2.86. The molecule has 3 heteroatoms. The second-order valence-corrected chi connectivity index (χ2v) is 4.08. The van der Waals surface area contributed by atoms with Crippen LogP contribution in [0, 0.1) is 0 Å². The summed E-state index contributed by atoms with van der Waals surface area (Å²) in [6, 6.07) is 14.6. The van der Waals surface area contributed by atoms with Crippen molar-refractivity contribution >= 4 is 10.9 Å². The molecule has 0 atom stereocenters. The normalized spacial score (nSPS) is 10.9. The highest BCUT2D eigenvalue weighted by Crippen LogP contribution is 2.24. The van der Waals surface area contributed by atoms with Gasteiger partial charge in [-0.3, -0.25) is 5.10 Å². The third-order valence-electron chi connectivity index (χ3n) is 2.94. The molecular weight excluding hydrogens is 210 g/mol. The van der Waals surface area contributed by atoms with Crippen LogP contribution in [0.15, 0.2) is 48.7 Å². The van der Waals surface area contributed by atoms with Crippen LogP contribution in [0.25, 0.3) is 22.0 Å². The largest absolute Gasteiger partial charge is 0.326 e. The van der Waals surface area contributed by atoms with E-state index in [1.807, 2.05) is 24.4 Å². The summed E-state index contributed by atoms with van der Waals surface area (Å²) in [5, 5.41) is 8.10. The Morgan fingerprint density at radius 3 is 2.82 bits per heavy atom. The molecule has 0 aliphatic carbocycles. The summed E-state index contributed by atoms with van der Waals surface area (Å²) in [4.78, 5) is 0. The molecule has 3 rings (SSSR count). The minimum Gasteiger partial charge on any atom is -0.326 e. The van der Waals surface area contributed by atoms with E-state index < -0.39 is 0 Å². The zero-order valence-corrected chi connectivity index (χ0v) is 9.35. The molecule has 0 amide bonds. The Morgan fingerprint density at radius 2 is 1.94 bits per heavy atom. The van der Waals surface area contributed by atoms with Gasteiger partial charge in [-0.15, -0.1) is 0 Å². The molecule has 0 radical (unpaired) electrons. The molecule has 0 aliphatic heterocycles. The first-order valence-corrected chi connectivity index (χ1v) is 5.59. The Morgan fingerprint density at radius 1 is 1.06 bits per heavy atom. The maximum atomic E-state index is 5.66. The van der Waals surface area contributed by atoms with E-state index >= 15 is 0 Å². The third kappa shape index (κ3) is 1.81. The van der Waals surface area contributed by atoms with Gasteiger partial charge in [-0.25, -0.2) is 0 Å². The number of nitrogens with one attached hydrogen (secondary N) is 1. The zero-order chi connectivity index (χ0) is 11.7. The highest BCUT2D eigenvalue weighted by atomic mass is 15.1. The van der Waals surface area contributed by atoms with Gasteiger partial charge in [-0.05, 0) is 34.9 Å². The van der Waals surface area contributed by atoms with Crippen molar-refractivity contribution < 1.29 is 0 Å². The number of nitrogens with two attached hydrogens (primary N) is 1. The van der Waals surface area contributed by atoms with Crippen LogP contribution in [-0.4, -0.2) is 10.2 Å². The SMILES string of the molecule is NCc1cccc(-c2ccc3[nH]ncc3c2)c1. The Hall–Kier alpha value is -2.13. The van der Waals surface area contributed by atoms with Crippen LogP contribution in [0.2, 0.25) is 0 Å². The second kappa shape index (κ2) is 4.03. The predicted molar refractivity (Wildman–Crippen MR) is 69.4 cm³/mol. The van der Waals surface area contributed by atoms with E-state index in [1.165, 1.54) is 11.1 Å². The van der Waals surface area contributed by atoms with Crippen LogP contribution >= 0.6 is 0 Å². The highest BCUT2D eigenvalue weighted by molar-refractivity contribution is 5.84. The predicted octanol–water partition coefficient (Wildman–Crippen LogP) is 2.69. The lowest BCUT2D eigenvalue weighted by Crippen LogP contribution is -1.95. The van der Waals surface area contributed by atoms with Gasteiger partial charge in [0.05, 0.1) is 11.7 Å². The molecule has 0 spiro atoms. The molecule has 17 heavy (non-hydrogen) atoms. The molecule has 2 aromatic carbocycles. The Kier molecular flexibility index (Phi) is 2.38. The fourth-order valence-corrected chi connectivity index (χ4v) is 2.00. The first-order valence-electron chi connectivity index (χ1n) is 5.59. The molecule has 3 aromatic rings. The van der Waals surface area contributed by atoms with Gasteiger partial charge >= 0.3 is 0 Å². The van der Waals surface area contributed by atoms with Crippen molar-refractivity contribution in [3.63, 3.8) is 0 Å². The minimum absolute atomic E-state index is 0.571. The molecule has 84 valence electrons. The smallest absolute Gasteiger partial charge is 0.0650 e. The second-order valence-electron chi connectivity index (χ2n) is 4.08. The van der Waals surface area contributed by atoms with Gasteiger partial charge in [0.2, 0.25) is 0 Å². The van der Waals surface area contributed by atoms with E-state index in [9.17, 15) is 0 Å². The number of hydrogen-bond donors (Lipinski definition) is 2. The summed E-state index contributed by atoms with van der Waals surface area (Å²) in [7, 11) is 0. The maximum absolute atomic E-state index is 5.66. The molecule has 0 saturated carbocycles. The van der Waals surface area contributed by atoms with Crippen molar-refractivity contribution in [1.82, 2.24) is 10.2 Å². The van der Waals surface area contributed by atoms with E-state index in [0.29, 0.717) is 6.54 Å². The molecule has 0 fully saturated rings. The molecule has 0 saturated heterocycles. The quantitative estimate of drug-likeness (QED) is 0.701. The van der Waals surface area contributed by atoms with Gasteiger partial charge in [0, 0.05) is 11.9 Å². The average molecular weight is 223 g/mol. The number of aromatic nitrogens is 2. The van der Waals surface area contributed by atoms with Gasteiger partial charge in [-0.1, -0.05) is 24.3 Å². The van der Waals surface area contributed by atoms with Crippen LogP contribution in [0.4, 0.5) is 0 Å². The molecule has 0 unspecified atom stereocenters. The summed E-state index contributed by atoms with van der Waals surface area (Å²) in [6.45, 7) is 0.571. The van der Waals surface area contributed by atoms with Crippen molar-refractivity contribution in [2.75, 3.05) is 0 Å². The van der Waals surface area contributed by atoms with Crippen molar-refractivity contribution in [3.05, 3.63) is 54.2 Å². The van der Waals surface area contributed by atoms with E-state index in [2.05, 4.69) is 34.5 Å². The van der Waals surface area contributed by atoms with Crippen LogP contribution < -0.4 is 5.73 Å². The molecule has 3 N–H and O–H groups in total. The van der Waals surface area contributed by atoms with E-state index in [-0.39, 0.29) is 0 Å². The monoisotopic (exact) mass is 223 g/mol. The summed E-state index contributed by atoms with van der Waals surface area (Å²) >= 11 is 0. The minimum atomic E-state index is 0.571. The summed E-state index contributed by atoms with van der Waals surface area (Å²) in [5.41, 5.74) is 10.2. The van der Waals surface area contributed by atoms with Crippen molar-refractivity contribution in [1.29, 1.82) is 0 Å². The molecule has 0 aliphatic rings. The van der Waals surface area contributed by atoms with Crippen molar-refractivity contribution in [2.45, 2.75) is 6.54 Å². The molecule has 0 bridgehead atoms. The zero-order valence-electron chi connectivity index (χ0n) is 9.35. The lowest BCUT2D eigenvalue weighted by Gasteiger charge is -2.04. The van der Waals surface area contributed by atoms with Crippen LogP contribution in [0.5, 0.6) is 0 Å². The standard InChI is InChI=1S/C14H13N3/c15-8-10-2-1-3-11(6-10)12-4-5-14-13(7-12)9-16-17-14/h1-7,9H,8,15H2,(H,16,17). The summed E-state index contributed by atoms with van der Waals surface area (Å²) in [5.74, 6) is 0. The number of aromatic amines is 1. The lowest BCUT2D eigenvalue weighted by atomic mass is 10.0. The van der Waals surface area contributed by atoms with Crippen LogP contribution in [-0.2, 0) is 6.54 Å².